The quantitative estimate of drug-likeness (QED) is 0.779. The zero-order valence-electron chi connectivity index (χ0n) is 13.5. The molecule has 0 bridgehead atoms. The van der Waals surface area contributed by atoms with Gasteiger partial charge in [-0.2, -0.15) is 0 Å². The minimum absolute atomic E-state index is 0.0362. The van der Waals surface area contributed by atoms with Crippen LogP contribution in [0, 0.1) is 5.92 Å². The summed E-state index contributed by atoms with van der Waals surface area (Å²) < 4.78 is 5.67. The maximum atomic E-state index is 12.1. The molecule has 0 fully saturated rings. The molecule has 4 heteroatoms. The van der Waals surface area contributed by atoms with Gasteiger partial charge in [0.15, 0.2) is 0 Å². The predicted molar refractivity (Wildman–Crippen MR) is 95.2 cm³/mol. The number of aryl methyl sites for hydroxylation is 1. The second-order valence-electron chi connectivity index (χ2n) is 5.87. The molecule has 0 atom stereocenters. The van der Waals surface area contributed by atoms with E-state index in [4.69, 9.17) is 16.3 Å². The third-order valence-electron chi connectivity index (χ3n) is 3.28. The lowest BCUT2D eigenvalue weighted by molar-refractivity contribution is -0.116. The number of nitrogens with one attached hydrogen (secondary N) is 1. The minimum Gasteiger partial charge on any atom is -0.493 e. The van der Waals surface area contributed by atoms with Crippen molar-refractivity contribution in [3.63, 3.8) is 0 Å². The Morgan fingerprint density at radius 3 is 2.70 bits per heavy atom. The first-order valence-electron chi connectivity index (χ1n) is 7.80. The Kier molecular flexibility index (Phi) is 6.48. The van der Waals surface area contributed by atoms with Gasteiger partial charge in [-0.15, -0.1) is 0 Å². The van der Waals surface area contributed by atoms with Crippen molar-refractivity contribution < 1.29 is 9.53 Å². The molecule has 0 saturated carbocycles. The molecule has 0 heterocycles. The van der Waals surface area contributed by atoms with E-state index in [1.165, 1.54) is 0 Å². The van der Waals surface area contributed by atoms with E-state index >= 15 is 0 Å². The van der Waals surface area contributed by atoms with Crippen LogP contribution in [0.15, 0.2) is 48.5 Å². The summed E-state index contributed by atoms with van der Waals surface area (Å²) in [7, 11) is 0. The fourth-order valence-corrected chi connectivity index (χ4v) is 2.33. The molecule has 0 aromatic heterocycles. The number of ether oxygens (including phenoxy) is 1. The van der Waals surface area contributed by atoms with Crippen molar-refractivity contribution in [3.05, 3.63) is 59.1 Å². The number of amides is 1. The largest absolute Gasteiger partial charge is 0.493 e. The normalized spacial score (nSPS) is 10.6. The first-order chi connectivity index (χ1) is 11.0. The van der Waals surface area contributed by atoms with Gasteiger partial charge in [0.25, 0.3) is 0 Å². The van der Waals surface area contributed by atoms with Crippen molar-refractivity contribution in [2.75, 3.05) is 11.9 Å². The molecule has 2 aromatic rings. The minimum atomic E-state index is -0.0362. The van der Waals surface area contributed by atoms with Crippen LogP contribution in [0.5, 0.6) is 5.75 Å². The van der Waals surface area contributed by atoms with Gasteiger partial charge < -0.3 is 10.1 Å². The lowest BCUT2D eigenvalue weighted by Crippen LogP contribution is -2.12. The maximum Gasteiger partial charge on any atom is 0.224 e. The fraction of sp³-hybridized carbons (Fsp3) is 0.316. The smallest absolute Gasteiger partial charge is 0.224 e. The summed E-state index contributed by atoms with van der Waals surface area (Å²) in [6, 6.07) is 15.1. The summed E-state index contributed by atoms with van der Waals surface area (Å²) in [6.07, 6.45) is 1.01. The summed E-state index contributed by atoms with van der Waals surface area (Å²) in [5.41, 5.74) is 1.73. The van der Waals surface area contributed by atoms with Crippen LogP contribution in [0.1, 0.15) is 25.8 Å². The fourth-order valence-electron chi connectivity index (χ4n) is 2.10. The van der Waals surface area contributed by atoms with E-state index in [0.717, 1.165) is 17.0 Å². The first-order valence-corrected chi connectivity index (χ1v) is 8.18. The van der Waals surface area contributed by atoms with Crippen LogP contribution in [-0.2, 0) is 11.2 Å². The Hall–Kier alpha value is -2.00. The average Bonchev–Trinajstić information content (AvgIpc) is 2.52. The van der Waals surface area contributed by atoms with Gasteiger partial charge >= 0.3 is 0 Å². The molecule has 1 N–H and O–H groups in total. The zero-order valence-corrected chi connectivity index (χ0v) is 14.3. The molecule has 0 spiro atoms. The SMILES string of the molecule is CC(C)COc1cccc(NC(=O)CCc2ccccc2Cl)c1. The number of hydrogen-bond donors (Lipinski definition) is 1. The highest BCUT2D eigenvalue weighted by Crippen LogP contribution is 2.19. The second kappa shape index (κ2) is 8.59. The monoisotopic (exact) mass is 331 g/mol. The van der Waals surface area contributed by atoms with Gasteiger partial charge in [-0.3, -0.25) is 4.79 Å². The predicted octanol–water partition coefficient (Wildman–Crippen LogP) is 4.95. The van der Waals surface area contributed by atoms with Crippen LogP contribution in [0.2, 0.25) is 5.02 Å². The van der Waals surface area contributed by atoms with Gasteiger partial charge in [0.1, 0.15) is 5.75 Å². The highest BCUT2D eigenvalue weighted by Gasteiger charge is 2.06. The van der Waals surface area contributed by atoms with Crippen LogP contribution >= 0.6 is 11.6 Å². The number of benzene rings is 2. The summed E-state index contributed by atoms with van der Waals surface area (Å²) in [6.45, 7) is 4.85. The van der Waals surface area contributed by atoms with Crippen LogP contribution in [0.3, 0.4) is 0 Å². The van der Waals surface area contributed by atoms with Gasteiger partial charge in [0, 0.05) is 23.2 Å². The molecule has 0 saturated heterocycles. The molecule has 0 unspecified atom stereocenters. The topological polar surface area (TPSA) is 38.3 Å². The van der Waals surface area contributed by atoms with Crippen LogP contribution in [-0.4, -0.2) is 12.5 Å². The van der Waals surface area contributed by atoms with Crippen molar-refractivity contribution in [3.8, 4) is 5.75 Å². The van der Waals surface area contributed by atoms with E-state index in [1.54, 1.807) is 0 Å². The van der Waals surface area contributed by atoms with Crippen molar-refractivity contribution in [1.29, 1.82) is 0 Å². The Balaban J connectivity index is 1.87. The van der Waals surface area contributed by atoms with E-state index < -0.39 is 0 Å². The van der Waals surface area contributed by atoms with E-state index in [2.05, 4.69) is 19.2 Å². The van der Waals surface area contributed by atoms with Crippen LogP contribution in [0.4, 0.5) is 5.69 Å². The summed E-state index contributed by atoms with van der Waals surface area (Å²) in [5.74, 6) is 1.19. The van der Waals surface area contributed by atoms with Crippen molar-refractivity contribution >= 4 is 23.2 Å². The second-order valence-corrected chi connectivity index (χ2v) is 6.28. The molecular weight excluding hydrogens is 310 g/mol. The van der Waals surface area contributed by atoms with Gasteiger partial charge in [-0.1, -0.05) is 49.7 Å². The highest BCUT2D eigenvalue weighted by molar-refractivity contribution is 6.31. The van der Waals surface area contributed by atoms with Crippen molar-refractivity contribution in [2.45, 2.75) is 26.7 Å². The maximum absolute atomic E-state index is 12.1. The van der Waals surface area contributed by atoms with E-state index in [1.807, 2.05) is 48.5 Å². The van der Waals surface area contributed by atoms with Crippen LogP contribution < -0.4 is 10.1 Å². The Bertz CT molecular complexity index is 655. The average molecular weight is 332 g/mol. The molecule has 0 aliphatic carbocycles. The standard InChI is InChI=1S/C19H22ClNO2/c1-14(2)13-23-17-8-5-7-16(12-17)21-19(22)11-10-15-6-3-4-9-18(15)20/h3-9,12,14H,10-11,13H2,1-2H3,(H,21,22). The Morgan fingerprint density at radius 2 is 1.96 bits per heavy atom. The first kappa shape index (κ1) is 17.4. The molecule has 0 aliphatic rings. The Labute approximate surface area is 142 Å². The third-order valence-corrected chi connectivity index (χ3v) is 3.65. The third kappa shape index (κ3) is 5.95. The highest BCUT2D eigenvalue weighted by atomic mass is 35.5. The molecule has 23 heavy (non-hydrogen) atoms. The van der Waals surface area contributed by atoms with Crippen molar-refractivity contribution in [2.24, 2.45) is 5.92 Å². The molecule has 2 rings (SSSR count). The van der Waals surface area contributed by atoms with Gasteiger partial charge in [-0.05, 0) is 36.1 Å². The number of anilines is 1. The molecule has 0 radical (unpaired) electrons. The number of carbonyl (C=O) groups excluding carboxylic acids is 1. The van der Waals surface area contributed by atoms with E-state index in [0.29, 0.717) is 30.4 Å². The van der Waals surface area contributed by atoms with Gasteiger partial charge in [0.2, 0.25) is 5.91 Å². The number of halogens is 1. The number of carbonyl (C=O) groups is 1. The number of rotatable bonds is 7. The van der Waals surface area contributed by atoms with E-state index in [-0.39, 0.29) is 5.91 Å². The summed E-state index contributed by atoms with van der Waals surface area (Å²) in [5, 5.41) is 3.60. The molecule has 1 amide bonds. The molecule has 0 aliphatic heterocycles. The number of hydrogen-bond acceptors (Lipinski definition) is 2. The summed E-state index contributed by atoms with van der Waals surface area (Å²) >= 11 is 6.10. The van der Waals surface area contributed by atoms with Gasteiger partial charge in [0.05, 0.1) is 6.61 Å². The Morgan fingerprint density at radius 1 is 1.17 bits per heavy atom. The van der Waals surface area contributed by atoms with E-state index in [9.17, 15) is 4.79 Å². The van der Waals surface area contributed by atoms with Crippen molar-refractivity contribution in [1.82, 2.24) is 0 Å². The molecule has 2 aromatic carbocycles. The molecule has 3 nitrogen and oxygen atoms in total. The lowest BCUT2D eigenvalue weighted by Gasteiger charge is -2.11. The van der Waals surface area contributed by atoms with Crippen LogP contribution in [0.25, 0.3) is 0 Å². The van der Waals surface area contributed by atoms with Gasteiger partial charge in [-0.25, -0.2) is 0 Å². The molecular formula is C19H22ClNO2. The molecule has 122 valence electrons. The zero-order chi connectivity index (χ0) is 16.7. The summed E-state index contributed by atoms with van der Waals surface area (Å²) in [4.78, 5) is 12.1. The lowest BCUT2D eigenvalue weighted by atomic mass is 10.1.